The Labute approximate surface area is 130 Å². The van der Waals surface area contributed by atoms with Crippen LogP contribution in [-0.2, 0) is 9.84 Å². The Morgan fingerprint density at radius 3 is 2.86 bits per heavy atom. The number of thioether (sulfide) groups is 1. The molecule has 1 aromatic heterocycles. The number of hydrogen-bond donors (Lipinski definition) is 1. The molecule has 0 bridgehead atoms. The van der Waals surface area contributed by atoms with Gasteiger partial charge in [-0.3, -0.25) is 0 Å². The minimum absolute atomic E-state index is 0.152. The van der Waals surface area contributed by atoms with Crippen LogP contribution < -0.4 is 10.2 Å². The lowest BCUT2D eigenvalue weighted by atomic mass is 10.4. The van der Waals surface area contributed by atoms with E-state index in [4.69, 9.17) is 0 Å². The van der Waals surface area contributed by atoms with Crippen molar-refractivity contribution in [3.63, 3.8) is 0 Å². The third kappa shape index (κ3) is 3.79. The van der Waals surface area contributed by atoms with Crippen LogP contribution in [0.5, 0.6) is 0 Å². The molecule has 1 unspecified atom stereocenters. The number of aromatic nitrogens is 2. The van der Waals surface area contributed by atoms with Crippen LogP contribution in [0.15, 0.2) is 6.07 Å². The predicted octanol–water partition coefficient (Wildman–Crippen LogP) is 1.53. The summed E-state index contributed by atoms with van der Waals surface area (Å²) >= 11 is 1.68. The van der Waals surface area contributed by atoms with E-state index in [1.165, 1.54) is 0 Å². The molecule has 8 heteroatoms. The lowest BCUT2D eigenvalue weighted by molar-refractivity contribution is 0.578. The molecule has 21 heavy (non-hydrogen) atoms. The number of sulfone groups is 1. The largest absolute Gasteiger partial charge is 0.354 e. The van der Waals surface area contributed by atoms with Crippen molar-refractivity contribution in [2.24, 2.45) is 0 Å². The van der Waals surface area contributed by atoms with E-state index in [1.807, 2.05) is 24.8 Å². The number of aryl methyl sites for hydroxylation is 1. The zero-order valence-corrected chi connectivity index (χ0v) is 14.3. The van der Waals surface area contributed by atoms with E-state index in [1.54, 1.807) is 18.7 Å². The van der Waals surface area contributed by atoms with Crippen molar-refractivity contribution >= 4 is 33.4 Å². The second-order valence-corrected chi connectivity index (χ2v) is 8.49. The molecule has 0 aromatic carbocycles. The monoisotopic (exact) mass is 330 g/mol. The van der Waals surface area contributed by atoms with Crippen LogP contribution in [0.2, 0.25) is 0 Å². The highest BCUT2D eigenvalue weighted by Gasteiger charge is 2.33. The molecule has 1 aliphatic rings. The Morgan fingerprint density at radius 1 is 1.43 bits per heavy atom. The van der Waals surface area contributed by atoms with E-state index in [0.717, 1.165) is 18.0 Å². The van der Waals surface area contributed by atoms with Gasteiger partial charge in [-0.15, -0.1) is 0 Å². The topological polar surface area (TPSA) is 75.2 Å². The lowest BCUT2D eigenvalue weighted by Gasteiger charge is -2.35. The Hall–Kier alpha value is -1.02. The van der Waals surface area contributed by atoms with Gasteiger partial charge >= 0.3 is 0 Å². The molecule has 6 nitrogen and oxygen atoms in total. The third-order valence-corrected chi connectivity index (χ3v) is 6.66. The van der Waals surface area contributed by atoms with Crippen LogP contribution in [0.4, 0.5) is 11.8 Å². The molecule has 0 saturated carbocycles. The summed E-state index contributed by atoms with van der Waals surface area (Å²) in [5.41, 5.74) is 0.835. The molecule has 1 aliphatic heterocycles. The number of rotatable bonds is 5. The van der Waals surface area contributed by atoms with Gasteiger partial charge in [0.1, 0.15) is 11.2 Å². The molecule has 0 spiro atoms. The van der Waals surface area contributed by atoms with Gasteiger partial charge in [-0.1, -0.05) is 6.92 Å². The zero-order valence-electron chi connectivity index (χ0n) is 12.7. The van der Waals surface area contributed by atoms with Gasteiger partial charge in [-0.25, -0.2) is 13.4 Å². The Kier molecular flexibility index (Phi) is 5.32. The van der Waals surface area contributed by atoms with Crippen LogP contribution >= 0.6 is 11.8 Å². The van der Waals surface area contributed by atoms with Crippen LogP contribution in [0.1, 0.15) is 19.5 Å². The first-order chi connectivity index (χ1) is 9.97. The highest BCUT2D eigenvalue weighted by atomic mass is 32.2. The quantitative estimate of drug-likeness (QED) is 0.877. The van der Waals surface area contributed by atoms with Crippen molar-refractivity contribution < 1.29 is 8.42 Å². The molecule has 2 rings (SSSR count). The number of nitrogens with one attached hydrogen (secondary N) is 1. The summed E-state index contributed by atoms with van der Waals surface area (Å²) in [5.74, 6) is 2.91. The molecule has 0 radical (unpaired) electrons. The molecule has 1 aromatic rings. The Bertz CT molecular complexity index is 592. The lowest BCUT2D eigenvalue weighted by Crippen LogP contribution is -2.48. The smallest absolute Gasteiger partial charge is 0.224 e. The Morgan fingerprint density at radius 2 is 2.19 bits per heavy atom. The van der Waals surface area contributed by atoms with E-state index in [2.05, 4.69) is 15.3 Å². The van der Waals surface area contributed by atoms with Gasteiger partial charge in [-0.05, 0) is 13.8 Å². The molecule has 1 atom stereocenters. The van der Waals surface area contributed by atoms with Crippen molar-refractivity contribution in [1.29, 1.82) is 0 Å². The number of hydrogen-bond acceptors (Lipinski definition) is 7. The van der Waals surface area contributed by atoms with Gasteiger partial charge in [0.2, 0.25) is 5.95 Å². The Balaban J connectivity index is 2.37. The first-order valence-corrected chi connectivity index (χ1v) is 10.0. The van der Waals surface area contributed by atoms with Crippen molar-refractivity contribution in [3.8, 4) is 0 Å². The van der Waals surface area contributed by atoms with Crippen molar-refractivity contribution in [2.45, 2.75) is 26.1 Å². The molecule has 1 N–H and O–H groups in total. The fourth-order valence-electron chi connectivity index (χ4n) is 2.27. The minimum atomic E-state index is -3.13. The summed E-state index contributed by atoms with van der Waals surface area (Å²) in [7, 11) is -3.13. The van der Waals surface area contributed by atoms with Crippen LogP contribution in [0.25, 0.3) is 0 Å². The molecule has 118 valence electrons. The summed E-state index contributed by atoms with van der Waals surface area (Å²) in [6.45, 7) is 7.00. The number of nitrogens with zero attached hydrogens (tertiary/aromatic N) is 3. The SMILES string of the molecule is CCNc1nc(C)cc(N2CCSCC2S(=O)(=O)CC)n1. The van der Waals surface area contributed by atoms with E-state index < -0.39 is 15.2 Å². The zero-order chi connectivity index (χ0) is 15.5. The summed E-state index contributed by atoms with van der Waals surface area (Å²) in [5, 5.41) is 2.60. The third-order valence-electron chi connectivity index (χ3n) is 3.37. The van der Waals surface area contributed by atoms with Gasteiger partial charge in [0.15, 0.2) is 9.84 Å². The summed E-state index contributed by atoms with van der Waals surface area (Å²) in [6.07, 6.45) is 0. The second kappa shape index (κ2) is 6.83. The number of anilines is 2. The molecule has 1 saturated heterocycles. The minimum Gasteiger partial charge on any atom is -0.354 e. The molecule has 0 amide bonds. The molecule has 1 fully saturated rings. The van der Waals surface area contributed by atoms with E-state index >= 15 is 0 Å². The maximum absolute atomic E-state index is 12.3. The standard InChI is InChI=1S/C13H22N4O2S2/c1-4-14-13-15-10(3)8-11(16-13)17-6-7-20-9-12(17)21(18,19)5-2/h8,12H,4-7,9H2,1-3H3,(H,14,15,16). The highest BCUT2D eigenvalue weighted by molar-refractivity contribution is 8.01. The molecule has 2 heterocycles. The maximum Gasteiger partial charge on any atom is 0.224 e. The van der Waals surface area contributed by atoms with Crippen molar-refractivity contribution in [1.82, 2.24) is 9.97 Å². The second-order valence-electron chi connectivity index (χ2n) is 4.90. The fraction of sp³-hybridized carbons (Fsp3) is 0.692. The first kappa shape index (κ1) is 16.4. The average molecular weight is 330 g/mol. The molecule has 0 aliphatic carbocycles. The summed E-state index contributed by atoms with van der Waals surface area (Å²) < 4.78 is 24.6. The van der Waals surface area contributed by atoms with E-state index in [-0.39, 0.29) is 5.75 Å². The van der Waals surface area contributed by atoms with Gasteiger partial charge < -0.3 is 10.2 Å². The van der Waals surface area contributed by atoms with E-state index in [9.17, 15) is 8.42 Å². The molecular formula is C13H22N4O2S2. The van der Waals surface area contributed by atoms with Gasteiger partial charge in [0, 0.05) is 42.1 Å². The summed E-state index contributed by atoms with van der Waals surface area (Å²) in [6, 6.07) is 1.86. The van der Waals surface area contributed by atoms with Crippen molar-refractivity contribution in [2.75, 3.05) is 40.6 Å². The van der Waals surface area contributed by atoms with Crippen LogP contribution in [-0.4, -0.2) is 54.1 Å². The summed E-state index contributed by atoms with van der Waals surface area (Å²) in [4.78, 5) is 10.7. The van der Waals surface area contributed by atoms with Gasteiger partial charge in [0.05, 0.1) is 0 Å². The van der Waals surface area contributed by atoms with Gasteiger partial charge in [0.25, 0.3) is 0 Å². The van der Waals surface area contributed by atoms with Crippen molar-refractivity contribution in [3.05, 3.63) is 11.8 Å². The van der Waals surface area contributed by atoms with E-state index in [0.29, 0.717) is 24.1 Å². The average Bonchev–Trinajstić information content (AvgIpc) is 2.47. The molecular weight excluding hydrogens is 308 g/mol. The van der Waals surface area contributed by atoms with Crippen LogP contribution in [0.3, 0.4) is 0 Å². The normalized spacial score (nSPS) is 19.6. The first-order valence-electron chi connectivity index (χ1n) is 7.13. The maximum atomic E-state index is 12.3. The highest BCUT2D eigenvalue weighted by Crippen LogP contribution is 2.27. The van der Waals surface area contributed by atoms with Crippen LogP contribution in [0, 0.1) is 6.92 Å². The van der Waals surface area contributed by atoms with Gasteiger partial charge in [-0.2, -0.15) is 16.7 Å². The fourth-order valence-corrected chi connectivity index (χ4v) is 5.25. The predicted molar refractivity (Wildman–Crippen MR) is 88.9 cm³/mol.